The number of ether oxygens (including phenoxy) is 3. The van der Waals surface area contributed by atoms with Crippen molar-refractivity contribution in [3.8, 4) is 0 Å². The Bertz CT molecular complexity index is 1570. The Morgan fingerprint density at radius 1 is 0.253 bits per heavy atom. The Labute approximate surface area is 515 Å². The van der Waals surface area contributed by atoms with Crippen molar-refractivity contribution >= 4 is 17.9 Å². The van der Waals surface area contributed by atoms with Gasteiger partial charge < -0.3 is 14.2 Å². The average Bonchev–Trinajstić information content (AvgIpc) is 3.48. The summed E-state index contributed by atoms with van der Waals surface area (Å²) in [5.74, 6) is -0.861. The van der Waals surface area contributed by atoms with Gasteiger partial charge in [-0.05, 0) is 89.9 Å². The molecule has 0 aliphatic rings. The van der Waals surface area contributed by atoms with Crippen LogP contribution in [0.4, 0.5) is 0 Å². The van der Waals surface area contributed by atoms with Gasteiger partial charge in [-0.15, -0.1) is 0 Å². The molecule has 0 N–H and O–H groups in total. The second-order valence-electron chi connectivity index (χ2n) is 24.1. The van der Waals surface area contributed by atoms with Gasteiger partial charge in [-0.2, -0.15) is 0 Å². The lowest BCUT2D eigenvalue weighted by Gasteiger charge is -2.18. The highest BCUT2D eigenvalue weighted by molar-refractivity contribution is 5.71. The highest BCUT2D eigenvalue weighted by atomic mass is 16.6. The molecule has 0 radical (unpaired) electrons. The smallest absolute Gasteiger partial charge is 0.306 e. The predicted molar refractivity (Wildman–Crippen MR) is 362 cm³/mol. The van der Waals surface area contributed by atoms with E-state index in [4.69, 9.17) is 14.2 Å². The first-order valence-electron chi connectivity index (χ1n) is 36.1. The van der Waals surface area contributed by atoms with Crippen LogP contribution in [0.3, 0.4) is 0 Å². The van der Waals surface area contributed by atoms with Gasteiger partial charge in [0.25, 0.3) is 0 Å². The summed E-state index contributed by atoms with van der Waals surface area (Å²) in [5, 5.41) is 0. The predicted octanol–water partition coefficient (Wildman–Crippen LogP) is 25.0. The molecule has 0 aromatic heterocycles. The van der Waals surface area contributed by atoms with Gasteiger partial charge in [0.2, 0.25) is 0 Å². The van der Waals surface area contributed by atoms with Crippen molar-refractivity contribution in [3.63, 3.8) is 0 Å². The van der Waals surface area contributed by atoms with Crippen LogP contribution in [-0.2, 0) is 28.6 Å². The zero-order valence-corrected chi connectivity index (χ0v) is 55.2. The van der Waals surface area contributed by atoms with E-state index in [1.165, 1.54) is 225 Å². The maximum absolute atomic E-state index is 12.9. The Kier molecular flexibility index (Phi) is 68.2. The van der Waals surface area contributed by atoms with Gasteiger partial charge in [-0.1, -0.05) is 343 Å². The van der Waals surface area contributed by atoms with Gasteiger partial charge in [0.05, 0.1) is 0 Å². The zero-order valence-electron chi connectivity index (χ0n) is 55.2. The third kappa shape index (κ3) is 69.3. The topological polar surface area (TPSA) is 78.9 Å². The van der Waals surface area contributed by atoms with Crippen LogP contribution in [0, 0.1) is 0 Å². The molecule has 0 aromatic rings. The van der Waals surface area contributed by atoms with Gasteiger partial charge >= 0.3 is 17.9 Å². The number of esters is 3. The quantitative estimate of drug-likeness (QED) is 0.0261. The van der Waals surface area contributed by atoms with Crippen molar-refractivity contribution in [2.45, 2.75) is 374 Å². The molecule has 0 amide bonds. The first kappa shape index (κ1) is 79.6. The van der Waals surface area contributed by atoms with Crippen LogP contribution in [-0.4, -0.2) is 37.2 Å². The number of carbonyl (C=O) groups excluding carboxylic acids is 3. The molecule has 1 atom stereocenters. The van der Waals surface area contributed by atoms with E-state index in [1.54, 1.807) is 0 Å². The van der Waals surface area contributed by atoms with Crippen LogP contribution in [0.25, 0.3) is 0 Å². The Hall–Kier alpha value is -3.41. The molecule has 83 heavy (non-hydrogen) atoms. The number of carbonyl (C=O) groups is 3. The van der Waals surface area contributed by atoms with Crippen LogP contribution >= 0.6 is 0 Å². The average molecular weight is 1160 g/mol. The van der Waals surface area contributed by atoms with Crippen LogP contribution in [0.1, 0.15) is 367 Å². The molecule has 6 nitrogen and oxygen atoms in total. The fourth-order valence-corrected chi connectivity index (χ4v) is 10.5. The summed E-state index contributed by atoms with van der Waals surface area (Å²) in [5.41, 5.74) is 0. The second-order valence-corrected chi connectivity index (χ2v) is 24.1. The minimum atomic E-state index is -0.776. The number of allylic oxidation sites excluding steroid dienone is 14. The van der Waals surface area contributed by atoms with Gasteiger partial charge in [0.1, 0.15) is 13.2 Å². The summed E-state index contributed by atoms with van der Waals surface area (Å²) in [6, 6.07) is 0. The molecule has 0 aromatic carbocycles. The number of hydrogen-bond acceptors (Lipinski definition) is 6. The number of unbranched alkanes of at least 4 members (excludes halogenated alkanes) is 41. The lowest BCUT2D eigenvalue weighted by molar-refractivity contribution is -0.167. The summed E-state index contributed by atoms with van der Waals surface area (Å²) < 4.78 is 17.0. The van der Waals surface area contributed by atoms with Gasteiger partial charge in [0, 0.05) is 19.3 Å². The first-order chi connectivity index (χ1) is 41.0. The van der Waals surface area contributed by atoms with Crippen LogP contribution in [0.2, 0.25) is 0 Å². The van der Waals surface area contributed by atoms with E-state index in [9.17, 15) is 14.4 Å². The molecule has 0 heterocycles. The van der Waals surface area contributed by atoms with Crippen molar-refractivity contribution in [3.05, 3.63) is 85.1 Å². The van der Waals surface area contributed by atoms with Crippen molar-refractivity contribution in [1.29, 1.82) is 0 Å². The zero-order chi connectivity index (χ0) is 59.9. The molecule has 0 aliphatic carbocycles. The Balaban J connectivity index is 4.11. The van der Waals surface area contributed by atoms with Crippen molar-refractivity contribution < 1.29 is 28.6 Å². The van der Waals surface area contributed by atoms with E-state index < -0.39 is 6.10 Å². The lowest BCUT2D eigenvalue weighted by atomic mass is 10.0. The standard InChI is InChI=1S/C77H136O6/c1-4-7-10-13-16-19-22-24-26-28-30-31-32-33-34-35-36-37-38-39-40-41-42-43-44-45-47-48-50-52-55-58-61-64-67-70-76(79)82-73-74(72-81-75(78)69-66-63-60-57-54-21-18-15-12-9-6-3)83-77(80)71-68-65-62-59-56-53-51-49-46-29-27-25-23-20-17-14-11-8-5-2/h7,10,15-16,18-19,24,26,30-31,33-34,36-37,74H,4-6,8-9,11-14,17,20-23,25,27-29,32,35,38-73H2,1-3H3/b10-7-,18-15-,19-16-,26-24-,31-30-,34-33-,37-36-. The molecule has 0 saturated heterocycles. The third-order valence-corrected chi connectivity index (χ3v) is 15.9. The lowest BCUT2D eigenvalue weighted by Crippen LogP contribution is -2.30. The van der Waals surface area contributed by atoms with Crippen molar-refractivity contribution in [2.24, 2.45) is 0 Å². The van der Waals surface area contributed by atoms with E-state index in [1.807, 2.05) is 0 Å². The molecule has 0 saturated carbocycles. The van der Waals surface area contributed by atoms with Gasteiger partial charge in [-0.3, -0.25) is 14.4 Å². The largest absolute Gasteiger partial charge is 0.462 e. The van der Waals surface area contributed by atoms with Crippen LogP contribution in [0.5, 0.6) is 0 Å². The van der Waals surface area contributed by atoms with E-state index in [0.29, 0.717) is 19.3 Å². The molecular weight excluding hydrogens is 1020 g/mol. The fourth-order valence-electron chi connectivity index (χ4n) is 10.5. The first-order valence-corrected chi connectivity index (χ1v) is 36.1. The van der Waals surface area contributed by atoms with Crippen LogP contribution < -0.4 is 0 Å². The molecule has 1 unspecified atom stereocenters. The van der Waals surface area contributed by atoms with Crippen molar-refractivity contribution in [2.75, 3.05) is 13.2 Å². The SMILES string of the molecule is CC/C=C\C/C=C\C/C=C\C/C=C\C/C=C\C/C=C\CCCCCCCCCCCCCCCCCCC(=O)OCC(COC(=O)CCCCCCC/C=C\CCCC)OC(=O)CCCCCCCCCCCCCCCCCCCCC. The summed E-state index contributed by atoms with van der Waals surface area (Å²) in [6.07, 6.45) is 94.9. The molecule has 0 rings (SSSR count). The van der Waals surface area contributed by atoms with Gasteiger partial charge in [0.15, 0.2) is 6.10 Å². The molecule has 0 aliphatic heterocycles. The van der Waals surface area contributed by atoms with E-state index >= 15 is 0 Å². The second kappa shape index (κ2) is 71.1. The third-order valence-electron chi connectivity index (χ3n) is 15.9. The summed E-state index contributed by atoms with van der Waals surface area (Å²) in [7, 11) is 0. The number of hydrogen-bond donors (Lipinski definition) is 0. The summed E-state index contributed by atoms with van der Waals surface area (Å²) >= 11 is 0. The number of rotatable bonds is 66. The van der Waals surface area contributed by atoms with E-state index in [2.05, 4.69) is 106 Å². The molecular formula is C77H136O6. The Morgan fingerprint density at radius 2 is 0.482 bits per heavy atom. The van der Waals surface area contributed by atoms with Gasteiger partial charge in [-0.25, -0.2) is 0 Å². The normalized spacial score (nSPS) is 12.6. The molecule has 0 spiro atoms. The fraction of sp³-hybridized carbons (Fsp3) is 0.779. The molecule has 0 bridgehead atoms. The summed E-state index contributed by atoms with van der Waals surface area (Å²) in [4.78, 5) is 38.4. The van der Waals surface area contributed by atoms with Crippen LogP contribution in [0.15, 0.2) is 85.1 Å². The highest BCUT2D eigenvalue weighted by Gasteiger charge is 2.19. The minimum absolute atomic E-state index is 0.0732. The molecule has 0 fully saturated rings. The maximum Gasteiger partial charge on any atom is 0.306 e. The monoisotopic (exact) mass is 1160 g/mol. The van der Waals surface area contributed by atoms with Crippen molar-refractivity contribution in [1.82, 2.24) is 0 Å². The summed E-state index contributed by atoms with van der Waals surface area (Å²) in [6.45, 7) is 6.53. The molecule has 480 valence electrons. The van der Waals surface area contributed by atoms with E-state index in [0.717, 1.165) is 103 Å². The minimum Gasteiger partial charge on any atom is -0.462 e. The molecule has 6 heteroatoms. The highest BCUT2D eigenvalue weighted by Crippen LogP contribution is 2.18. The maximum atomic E-state index is 12.9. The Morgan fingerprint density at radius 3 is 0.783 bits per heavy atom. The van der Waals surface area contributed by atoms with E-state index in [-0.39, 0.29) is 31.1 Å².